The van der Waals surface area contributed by atoms with Gasteiger partial charge < -0.3 is 29.7 Å². The first-order chi connectivity index (χ1) is 18.2. The molecule has 1 amide bonds. The molecule has 7 nitrogen and oxygen atoms in total. The van der Waals surface area contributed by atoms with Gasteiger partial charge in [0.25, 0.3) is 0 Å². The van der Waals surface area contributed by atoms with E-state index in [9.17, 15) is 4.79 Å². The number of para-hydroxylation sites is 1. The van der Waals surface area contributed by atoms with Crippen molar-refractivity contribution in [3.63, 3.8) is 0 Å². The molecule has 2 aliphatic rings. The second-order valence-electron chi connectivity index (χ2n) is 10.00. The number of fused-ring (bicyclic) bond motifs is 4. The van der Waals surface area contributed by atoms with Gasteiger partial charge in [-0.15, -0.1) is 0 Å². The zero-order valence-electron chi connectivity index (χ0n) is 22.3. The van der Waals surface area contributed by atoms with E-state index in [0.29, 0.717) is 29.6 Å². The number of hydrogen-bond acceptors (Lipinski definition) is 5. The number of benzene rings is 3. The Hall–Kier alpha value is -3.78. The van der Waals surface area contributed by atoms with Crippen molar-refractivity contribution >= 4 is 28.9 Å². The molecule has 1 saturated heterocycles. The third kappa shape index (κ3) is 4.53. The Morgan fingerprint density at radius 2 is 1.84 bits per heavy atom. The number of amides is 1. The highest BCUT2D eigenvalue weighted by molar-refractivity contribution is 7.80. The van der Waals surface area contributed by atoms with Gasteiger partial charge in [0.15, 0.2) is 22.3 Å². The fraction of sp³-hybridized carbons (Fsp3) is 0.333. The van der Waals surface area contributed by atoms with Gasteiger partial charge >= 0.3 is 0 Å². The lowest BCUT2D eigenvalue weighted by molar-refractivity contribution is -0.149. The normalized spacial score (nSPS) is 21.6. The minimum atomic E-state index is -0.999. The summed E-state index contributed by atoms with van der Waals surface area (Å²) in [5.41, 5.74) is 3.93. The first kappa shape index (κ1) is 25.9. The van der Waals surface area contributed by atoms with Crippen molar-refractivity contribution in [1.82, 2.24) is 10.2 Å². The van der Waals surface area contributed by atoms with Crippen LogP contribution >= 0.6 is 12.2 Å². The summed E-state index contributed by atoms with van der Waals surface area (Å²) >= 11 is 5.85. The lowest BCUT2D eigenvalue weighted by Crippen LogP contribution is -2.71. The van der Waals surface area contributed by atoms with E-state index in [1.807, 2.05) is 80.3 Å². The van der Waals surface area contributed by atoms with E-state index in [2.05, 4.69) is 16.7 Å². The summed E-state index contributed by atoms with van der Waals surface area (Å²) in [6, 6.07) is 19.4. The van der Waals surface area contributed by atoms with Crippen molar-refractivity contribution < 1.29 is 19.0 Å². The molecule has 8 heteroatoms. The molecule has 2 N–H and O–H groups in total. The average Bonchev–Trinajstić information content (AvgIpc) is 2.89. The largest absolute Gasteiger partial charge is 0.493 e. The predicted molar refractivity (Wildman–Crippen MR) is 152 cm³/mol. The van der Waals surface area contributed by atoms with E-state index in [1.54, 1.807) is 14.2 Å². The van der Waals surface area contributed by atoms with Gasteiger partial charge in [-0.05, 0) is 74.8 Å². The van der Waals surface area contributed by atoms with Crippen LogP contribution in [0.25, 0.3) is 0 Å². The smallest absolute Gasteiger partial charge is 0.236 e. The molecule has 3 atom stereocenters. The van der Waals surface area contributed by atoms with Crippen LogP contribution in [0.5, 0.6) is 17.2 Å². The molecule has 38 heavy (non-hydrogen) atoms. The second kappa shape index (κ2) is 10.2. The molecule has 0 aromatic heterocycles. The molecule has 198 valence electrons. The molecule has 1 fully saturated rings. The third-order valence-electron chi connectivity index (χ3n) is 7.54. The number of ether oxygens (including phenoxy) is 3. The summed E-state index contributed by atoms with van der Waals surface area (Å²) in [6.45, 7) is 6.54. The van der Waals surface area contributed by atoms with E-state index < -0.39 is 11.6 Å². The Bertz CT molecular complexity index is 1390. The fourth-order valence-corrected chi connectivity index (χ4v) is 5.96. The van der Waals surface area contributed by atoms with Gasteiger partial charge in [-0.3, -0.25) is 4.79 Å². The molecule has 2 heterocycles. The van der Waals surface area contributed by atoms with Gasteiger partial charge in [-0.25, -0.2) is 0 Å². The van der Waals surface area contributed by atoms with E-state index in [0.717, 1.165) is 33.7 Å². The van der Waals surface area contributed by atoms with Gasteiger partial charge in [0.1, 0.15) is 11.7 Å². The van der Waals surface area contributed by atoms with Crippen LogP contribution in [0.4, 0.5) is 5.69 Å². The Labute approximate surface area is 229 Å². The van der Waals surface area contributed by atoms with E-state index in [1.165, 1.54) is 0 Å². The van der Waals surface area contributed by atoms with Crippen LogP contribution in [-0.4, -0.2) is 42.4 Å². The highest BCUT2D eigenvalue weighted by Gasteiger charge is 2.58. The maximum Gasteiger partial charge on any atom is 0.236 e. The number of carbonyl (C=O) groups excluding carboxylic acids is 1. The molecule has 0 unspecified atom stereocenters. The number of nitrogens with one attached hydrogen (secondary N) is 2. The molecule has 3 aromatic rings. The molecule has 3 aromatic carbocycles. The summed E-state index contributed by atoms with van der Waals surface area (Å²) in [7, 11) is 3.24. The van der Waals surface area contributed by atoms with Crippen molar-refractivity contribution in [1.29, 1.82) is 0 Å². The third-order valence-corrected chi connectivity index (χ3v) is 7.87. The highest BCUT2D eigenvalue weighted by Crippen LogP contribution is 2.48. The van der Waals surface area contributed by atoms with Crippen LogP contribution in [-0.2, 0) is 11.2 Å². The standard InChI is InChI=1S/C30H33N3O4S/c1-18-10-12-22(19(2)16-18)31-28(34)26-27-21-8-6-7-9-23(21)37-30(26,3)33(29(38)32-27)15-14-20-11-13-24(35-4)25(17-20)36-5/h6-13,16-17,26-27H,14-15H2,1-5H3,(H,31,34)(H,32,38)/t26-,27+,30+/m1/s1. The summed E-state index contributed by atoms with van der Waals surface area (Å²) in [4.78, 5) is 16.0. The van der Waals surface area contributed by atoms with E-state index in [4.69, 9.17) is 26.4 Å². The molecule has 0 spiro atoms. The van der Waals surface area contributed by atoms with Gasteiger partial charge in [-0.1, -0.05) is 42.0 Å². The summed E-state index contributed by atoms with van der Waals surface area (Å²) < 4.78 is 17.5. The topological polar surface area (TPSA) is 72.1 Å². The number of hydrogen-bond donors (Lipinski definition) is 2. The molecule has 2 bridgehead atoms. The number of nitrogens with zero attached hydrogens (tertiary/aromatic N) is 1. The van der Waals surface area contributed by atoms with Crippen molar-refractivity contribution in [2.24, 2.45) is 5.92 Å². The van der Waals surface area contributed by atoms with E-state index in [-0.39, 0.29) is 11.9 Å². The highest BCUT2D eigenvalue weighted by atomic mass is 32.1. The predicted octanol–water partition coefficient (Wildman–Crippen LogP) is 5.16. The van der Waals surface area contributed by atoms with Crippen LogP contribution < -0.4 is 24.8 Å². The number of rotatable bonds is 7. The van der Waals surface area contributed by atoms with Crippen LogP contribution in [0.1, 0.15) is 35.2 Å². The van der Waals surface area contributed by atoms with Crippen LogP contribution in [0.15, 0.2) is 60.7 Å². The van der Waals surface area contributed by atoms with Crippen LogP contribution in [0.2, 0.25) is 0 Å². The van der Waals surface area contributed by atoms with Gasteiger partial charge in [-0.2, -0.15) is 0 Å². The lowest BCUT2D eigenvalue weighted by Gasteiger charge is -2.56. The van der Waals surface area contributed by atoms with Crippen molar-refractivity contribution in [2.45, 2.75) is 39.0 Å². The van der Waals surface area contributed by atoms with Crippen molar-refractivity contribution in [3.8, 4) is 17.2 Å². The Kier molecular flexibility index (Phi) is 6.92. The van der Waals surface area contributed by atoms with E-state index >= 15 is 0 Å². The molecular weight excluding hydrogens is 498 g/mol. The maximum atomic E-state index is 14.0. The number of carbonyl (C=O) groups is 1. The molecule has 5 rings (SSSR count). The Morgan fingerprint density at radius 1 is 1.08 bits per heavy atom. The van der Waals surface area contributed by atoms with Crippen LogP contribution in [0, 0.1) is 19.8 Å². The molecule has 0 aliphatic carbocycles. The van der Waals surface area contributed by atoms with Crippen molar-refractivity contribution in [2.75, 3.05) is 26.1 Å². The first-order valence-corrected chi connectivity index (χ1v) is 13.1. The second-order valence-corrected chi connectivity index (χ2v) is 10.4. The Balaban J connectivity index is 1.48. The fourth-order valence-electron chi connectivity index (χ4n) is 5.56. The SMILES string of the molecule is COc1ccc(CCN2C(=S)N[C@H]3c4ccccc4O[C@@]2(C)[C@H]3C(=O)Nc2ccc(C)cc2C)cc1OC. The maximum absolute atomic E-state index is 14.0. The minimum Gasteiger partial charge on any atom is -0.493 e. The number of thiocarbonyl (C=S) groups is 1. The molecule has 2 aliphatic heterocycles. The minimum absolute atomic E-state index is 0.120. The summed E-state index contributed by atoms with van der Waals surface area (Å²) in [5, 5.41) is 7.20. The zero-order chi connectivity index (χ0) is 27.0. The quantitative estimate of drug-likeness (QED) is 0.408. The monoisotopic (exact) mass is 531 g/mol. The average molecular weight is 532 g/mol. The van der Waals surface area contributed by atoms with Gasteiger partial charge in [0.05, 0.1) is 20.3 Å². The van der Waals surface area contributed by atoms with Crippen LogP contribution in [0.3, 0.4) is 0 Å². The first-order valence-electron chi connectivity index (χ1n) is 12.7. The number of anilines is 1. The van der Waals surface area contributed by atoms with Crippen molar-refractivity contribution in [3.05, 3.63) is 82.9 Å². The summed E-state index contributed by atoms with van der Waals surface area (Å²) in [6.07, 6.45) is 0.666. The number of aryl methyl sites for hydroxylation is 2. The van der Waals surface area contributed by atoms with Gasteiger partial charge in [0.2, 0.25) is 5.91 Å². The summed E-state index contributed by atoms with van der Waals surface area (Å²) in [5.74, 6) is 1.42. The Morgan fingerprint density at radius 3 is 2.58 bits per heavy atom. The molecule has 0 saturated carbocycles. The molecular formula is C30H33N3O4S. The lowest BCUT2D eigenvalue weighted by atomic mass is 9.78. The number of methoxy groups -OCH3 is 2. The zero-order valence-corrected chi connectivity index (χ0v) is 23.1. The molecule has 0 radical (unpaired) electrons. The van der Waals surface area contributed by atoms with Gasteiger partial charge in [0, 0.05) is 17.8 Å².